The molecule has 3 N–H and O–H groups in total. The third-order valence-electron chi connectivity index (χ3n) is 6.85. The largest absolute Gasteiger partial charge is 0.387 e. The van der Waals surface area contributed by atoms with Crippen molar-refractivity contribution < 1.29 is 9.90 Å². The summed E-state index contributed by atoms with van der Waals surface area (Å²) < 4.78 is 0. The number of hydrogen-bond donors (Lipinski definition) is 3. The smallest absolute Gasteiger partial charge is 0.253 e. The monoisotopic (exact) mass is 486 g/mol. The van der Waals surface area contributed by atoms with Crippen molar-refractivity contribution in [3.63, 3.8) is 0 Å². The molecule has 0 aliphatic carbocycles. The number of benzene rings is 2. The van der Waals surface area contributed by atoms with Crippen molar-refractivity contribution in [1.29, 1.82) is 0 Å². The summed E-state index contributed by atoms with van der Waals surface area (Å²) in [5, 5.41) is 17.7. The summed E-state index contributed by atoms with van der Waals surface area (Å²) >= 11 is 0. The van der Waals surface area contributed by atoms with Crippen molar-refractivity contribution in [2.75, 3.05) is 19.6 Å². The van der Waals surface area contributed by atoms with Crippen LogP contribution in [0.3, 0.4) is 0 Å². The van der Waals surface area contributed by atoms with Crippen molar-refractivity contribution in [2.45, 2.75) is 57.3 Å². The molecule has 3 atom stereocenters. The zero-order valence-corrected chi connectivity index (χ0v) is 21.1. The van der Waals surface area contributed by atoms with Gasteiger partial charge in [0.05, 0.1) is 11.8 Å². The van der Waals surface area contributed by atoms with Crippen LogP contribution in [-0.4, -0.2) is 52.6 Å². The van der Waals surface area contributed by atoms with Crippen molar-refractivity contribution in [3.05, 3.63) is 101 Å². The highest BCUT2D eigenvalue weighted by atomic mass is 16.3. The fourth-order valence-corrected chi connectivity index (χ4v) is 4.91. The Kier molecular flexibility index (Phi) is 9.61. The molecule has 1 aromatic heterocycles. The lowest BCUT2D eigenvalue weighted by atomic mass is 10.0. The molecule has 0 spiro atoms. The highest BCUT2D eigenvalue weighted by Gasteiger charge is 2.29. The van der Waals surface area contributed by atoms with Crippen LogP contribution in [0.2, 0.25) is 0 Å². The summed E-state index contributed by atoms with van der Waals surface area (Å²) in [5.41, 5.74) is 3.90. The Morgan fingerprint density at radius 2 is 1.83 bits per heavy atom. The number of aliphatic hydroxyl groups is 1. The van der Waals surface area contributed by atoms with Crippen molar-refractivity contribution >= 4 is 5.91 Å². The molecule has 2 aromatic carbocycles. The first-order valence-electron chi connectivity index (χ1n) is 13.1. The molecular formula is C30H38N4O2. The van der Waals surface area contributed by atoms with Crippen molar-refractivity contribution in [3.8, 4) is 0 Å². The number of carbonyl (C=O) groups is 1. The Morgan fingerprint density at radius 1 is 1.06 bits per heavy atom. The van der Waals surface area contributed by atoms with Gasteiger partial charge in [0.2, 0.25) is 0 Å². The lowest BCUT2D eigenvalue weighted by Crippen LogP contribution is -2.37. The van der Waals surface area contributed by atoms with Crippen molar-refractivity contribution in [1.82, 2.24) is 20.5 Å². The molecule has 36 heavy (non-hydrogen) atoms. The highest BCUT2D eigenvalue weighted by Crippen LogP contribution is 2.26. The highest BCUT2D eigenvalue weighted by molar-refractivity contribution is 5.94. The molecule has 1 aliphatic rings. The van der Waals surface area contributed by atoms with E-state index in [0.717, 1.165) is 55.6 Å². The Bertz CT molecular complexity index is 1060. The molecule has 1 amide bonds. The summed E-state index contributed by atoms with van der Waals surface area (Å²) in [6.45, 7) is 4.93. The molecule has 3 aromatic rings. The molecule has 190 valence electrons. The van der Waals surface area contributed by atoms with Gasteiger partial charge in [-0.25, -0.2) is 0 Å². The number of hydrogen-bond acceptors (Lipinski definition) is 5. The van der Waals surface area contributed by atoms with Crippen LogP contribution < -0.4 is 10.6 Å². The van der Waals surface area contributed by atoms with Gasteiger partial charge in [-0.15, -0.1) is 0 Å². The molecule has 0 saturated carbocycles. The average Bonchev–Trinajstić information content (AvgIpc) is 3.39. The Balaban J connectivity index is 1.26. The van der Waals surface area contributed by atoms with E-state index in [-0.39, 0.29) is 11.9 Å². The lowest BCUT2D eigenvalue weighted by Gasteiger charge is -2.23. The lowest BCUT2D eigenvalue weighted by molar-refractivity contribution is 0.0756. The van der Waals surface area contributed by atoms with Crippen LogP contribution in [0.15, 0.2) is 79.0 Å². The van der Waals surface area contributed by atoms with Gasteiger partial charge in [-0.2, -0.15) is 0 Å². The summed E-state index contributed by atoms with van der Waals surface area (Å²) in [6.07, 6.45) is 5.11. The second kappa shape index (κ2) is 13.3. The first kappa shape index (κ1) is 26.0. The third kappa shape index (κ3) is 7.23. The molecule has 0 bridgehead atoms. The predicted molar refractivity (Wildman–Crippen MR) is 144 cm³/mol. The maximum atomic E-state index is 13.2. The number of pyridine rings is 1. The summed E-state index contributed by atoms with van der Waals surface area (Å²) in [5.74, 6) is 0.0769. The number of rotatable bonds is 12. The van der Waals surface area contributed by atoms with Gasteiger partial charge in [0, 0.05) is 50.0 Å². The number of aromatic nitrogens is 1. The molecule has 3 unspecified atom stereocenters. The van der Waals surface area contributed by atoms with E-state index in [1.807, 2.05) is 65.6 Å². The number of amides is 1. The van der Waals surface area contributed by atoms with Gasteiger partial charge in [-0.05, 0) is 61.1 Å². The quantitative estimate of drug-likeness (QED) is 0.336. The van der Waals surface area contributed by atoms with E-state index in [2.05, 4.69) is 34.7 Å². The van der Waals surface area contributed by atoms with Gasteiger partial charge in [0.15, 0.2) is 0 Å². The first-order valence-corrected chi connectivity index (χ1v) is 13.1. The van der Waals surface area contributed by atoms with E-state index >= 15 is 0 Å². The van der Waals surface area contributed by atoms with Crippen molar-refractivity contribution in [2.24, 2.45) is 0 Å². The van der Waals surface area contributed by atoms with Crippen LogP contribution in [0, 0.1) is 0 Å². The average molecular weight is 487 g/mol. The SMILES string of the molecule is CCCN(CCNCc1ccccn1)C(=O)c1ccc(CC2CCC(C(O)c3ccccc3)N2)cc1. The molecule has 1 saturated heterocycles. The molecule has 1 fully saturated rings. The van der Waals surface area contributed by atoms with E-state index < -0.39 is 6.10 Å². The molecule has 6 nitrogen and oxygen atoms in total. The van der Waals surface area contributed by atoms with Crippen LogP contribution in [-0.2, 0) is 13.0 Å². The number of nitrogens with zero attached hydrogens (tertiary/aromatic N) is 2. The summed E-state index contributed by atoms with van der Waals surface area (Å²) in [4.78, 5) is 19.4. The Labute approximate surface area is 214 Å². The van der Waals surface area contributed by atoms with E-state index in [0.29, 0.717) is 19.1 Å². The number of aliphatic hydroxyl groups excluding tert-OH is 1. The van der Waals surface area contributed by atoms with E-state index in [4.69, 9.17) is 0 Å². The van der Waals surface area contributed by atoms with Gasteiger partial charge >= 0.3 is 0 Å². The van der Waals surface area contributed by atoms with Crippen LogP contribution in [0.4, 0.5) is 0 Å². The molecule has 6 heteroatoms. The van der Waals surface area contributed by atoms with Crippen LogP contribution >= 0.6 is 0 Å². The topological polar surface area (TPSA) is 77.5 Å². The fraction of sp³-hybridized carbons (Fsp3) is 0.400. The number of nitrogens with one attached hydrogen (secondary N) is 2. The molecule has 4 rings (SSSR count). The fourth-order valence-electron chi connectivity index (χ4n) is 4.91. The second-order valence-corrected chi connectivity index (χ2v) is 9.59. The predicted octanol–water partition coefficient (Wildman–Crippen LogP) is 4.12. The van der Waals surface area contributed by atoms with Gasteiger partial charge in [-0.1, -0.05) is 55.5 Å². The maximum Gasteiger partial charge on any atom is 0.253 e. The van der Waals surface area contributed by atoms with Gasteiger partial charge < -0.3 is 20.6 Å². The Hall–Kier alpha value is -3.06. The minimum atomic E-state index is -0.487. The summed E-state index contributed by atoms with van der Waals surface area (Å²) in [6, 6.07) is 24.2. The van der Waals surface area contributed by atoms with Crippen LogP contribution in [0.25, 0.3) is 0 Å². The molecular weight excluding hydrogens is 448 g/mol. The van der Waals surface area contributed by atoms with Gasteiger partial charge in [-0.3, -0.25) is 9.78 Å². The minimum Gasteiger partial charge on any atom is -0.387 e. The van der Waals surface area contributed by atoms with E-state index in [1.54, 1.807) is 6.20 Å². The van der Waals surface area contributed by atoms with Gasteiger partial charge in [0.1, 0.15) is 0 Å². The van der Waals surface area contributed by atoms with Crippen LogP contribution in [0.5, 0.6) is 0 Å². The minimum absolute atomic E-state index is 0.0761. The normalized spacial score (nSPS) is 18.2. The zero-order valence-electron chi connectivity index (χ0n) is 21.1. The molecule has 0 radical (unpaired) electrons. The first-order chi connectivity index (χ1) is 17.6. The zero-order chi connectivity index (χ0) is 25.2. The summed E-state index contributed by atoms with van der Waals surface area (Å²) in [7, 11) is 0. The Morgan fingerprint density at radius 3 is 2.56 bits per heavy atom. The molecule has 1 aliphatic heterocycles. The number of carbonyl (C=O) groups excluding carboxylic acids is 1. The van der Waals surface area contributed by atoms with E-state index in [9.17, 15) is 9.90 Å². The molecule has 2 heterocycles. The maximum absolute atomic E-state index is 13.2. The van der Waals surface area contributed by atoms with Gasteiger partial charge in [0.25, 0.3) is 5.91 Å². The second-order valence-electron chi connectivity index (χ2n) is 9.59. The van der Waals surface area contributed by atoms with Crippen LogP contribution in [0.1, 0.15) is 59.5 Å². The van der Waals surface area contributed by atoms with E-state index in [1.165, 1.54) is 5.56 Å². The standard InChI is InChI=1S/C30H38N4O2/c1-2-19-34(20-18-31-22-27-10-6-7-17-32-27)30(36)25-13-11-23(12-14-25)21-26-15-16-28(33-26)29(35)24-8-4-3-5-9-24/h3-14,17,26,28-29,31,33,35H,2,15-16,18-22H2,1H3. The third-order valence-corrected chi connectivity index (χ3v) is 6.85.